The van der Waals surface area contributed by atoms with Crippen LogP contribution in [0, 0.1) is 0 Å². The molecule has 0 bridgehead atoms. The van der Waals surface area contributed by atoms with Crippen molar-refractivity contribution in [1.82, 2.24) is 9.80 Å². The van der Waals surface area contributed by atoms with E-state index in [4.69, 9.17) is 4.74 Å². The molecule has 1 fully saturated rings. The van der Waals surface area contributed by atoms with E-state index >= 15 is 0 Å². The van der Waals surface area contributed by atoms with Crippen molar-refractivity contribution in [3.8, 4) is 11.5 Å². The van der Waals surface area contributed by atoms with Crippen LogP contribution < -0.4 is 4.74 Å². The van der Waals surface area contributed by atoms with Crippen LogP contribution in [0.15, 0.2) is 18.2 Å². The molecule has 1 aromatic rings. The van der Waals surface area contributed by atoms with E-state index in [0.717, 1.165) is 13.0 Å². The molecule has 1 N–H and O–H groups in total. The number of hydrogen-bond donors (Lipinski definition) is 1. The lowest BCUT2D eigenvalue weighted by Crippen LogP contribution is -2.39. The van der Waals surface area contributed by atoms with Crippen LogP contribution in [0.1, 0.15) is 23.2 Å². The number of carbonyl (C=O) groups excluding carboxylic acids is 1. The Morgan fingerprint density at radius 1 is 1.55 bits per heavy atom. The normalized spacial score (nSPS) is 19.1. The molecule has 5 heteroatoms. The van der Waals surface area contributed by atoms with Gasteiger partial charge >= 0.3 is 0 Å². The molecule has 1 amide bonds. The zero-order chi connectivity index (χ0) is 14.7. The summed E-state index contributed by atoms with van der Waals surface area (Å²) in [5.41, 5.74) is 0.478. The smallest absolute Gasteiger partial charge is 0.253 e. The molecule has 1 unspecified atom stereocenters. The van der Waals surface area contributed by atoms with E-state index in [2.05, 4.69) is 11.9 Å². The van der Waals surface area contributed by atoms with Gasteiger partial charge in [-0.15, -0.1) is 0 Å². The lowest BCUT2D eigenvalue weighted by Gasteiger charge is -2.26. The zero-order valence-electron chi connectivity index (χ0n) is 12.3. The van der Waals surface area contributed by atoms with E-state index in [1.54, 1.807) is 24.1 Å². The van der Waals surface area contributed by atoms with Crippen molar-refractivity contribution in [3.63, 3.8) is 0 Å². The topological polar surface area (TPSA) is 53.0 Å². The summed E-state index contributed by atoms with van der Waals surface area (Å²) in [7, 11) is 5.38. The third-order valence-electron chi connectivity index (χ3n) is 3.93. The number of phenols is 1. The maximum Gasteiger partial charge on any atom is 0.253 e. The Morgan fingerprint density at radius 2 is 2.30 bits per heavy atom. The van der Waals surface area contributed by atoms with Gasteiger partial charge in [0, 0.05) is 25.2 Å². The average molecular weight is 278 g/mol. The highest BCUT2D eigenvalue weighted by atomic mass is 16.5. The van der Waals surface area contributed by atoms with Crippen LogP contribution in [0.3, 0.4) is 0 Å². The third kappa shape index (κ3) is 3.04. The summed E-state index contributed by atoms with van der Waals surface area (Å²) >= 11 is 0. The van der Waals surface area contributed by atoms with Crippen LogP contribution in [0.4, 0.5) is 0 Å². The van der Waals surface area contributed by atoms with Gasteiger partial charge in [-0.1, -0.05) is 0 Å². The third-order valence-corrected chi connectivity index (χ3v) is 3.93. The number of phenolic OH excluding ortho intramolecular Hbond substituents is 1. The van der Waals surface area contributed by atoms with Crippen LogP contribution in [0.5, 0.6) is 11.5 Å². The predicted octanol–water partition coefficient (Wildman–Crippen LogP) is 1.57. The van der Waals surface area contributed by atoms with Gasteiger partial charge in [0.25, 0.3) is 5.91 Å². The molecule has 1 aliphatic rings. The second-order valence-corrected chi connectivity index (χ2v) is 5.35. The second kappa shape index (κ2) is 6.13. The number of benzene rings is 1. The van der Waals surface area contributed by atoms with E-state index < -0.39 is 0 Å². The van der Waals surface area contributed by atoms with Crippen molar-refractivity contribution >= 4 is 5.91 Å². The first-order chi connectivity index (χ1) is 9.52. The molecular formula is C15H22N2O3. The number of rotatable bonds is 4. The van der Waals surface area contributed by atoms with E-state index in [1.807, 2.05) is 0 Å². The number of aromatic hydroxyl groups is 1. The van der Waals surface area contributed by atoms with Crippen molar-refractivity contribution < 1.29 is 14.6 Å². The number of hydrogen-bond acceptors (Lipinski definition) is 4. The summed E-state index contributed by atoms with van der Waals surface area (Å²) in [6.45, 7) is 1.80. The molecule has 0 saturated carbocycles. The Labute approximate surface area is 119 Å². The summed E-state index contributed by atoms with van der Waals surface area (Å²) in [6.07, 6.45) is 2.31. The Hall–Kier alpha value is -1.75. The molecule has 0 radical (unpaired) electrons. The van der Waals surface area contributed by atoms with Crippen molar-refractivity contribution in [2.24, 2.45) is 0 Å². The summed E-state index contributed by atoms with van der Waals surface area (Å²) in [5.74, 6) is 0.285. The minimum Gasteiger partial charge on any atom is -0.504 e. The Balaban J connectivity index is 2.04. The number of nitrogens with zero attached hydrogens (tertiary/aromatic N) is 2. The molecule has 110 valence electrons. The summed E-state index contributed by atoms with van der Waals surface area (Å²) in [5, 5.41) is 9.74. The van der Waals surface area contributed by atoms with Crippen molar-refractivity contribution in [3.05, 3.63) is 23.8 Å². The van der Waals surface area contributed by atoms with Crippen LogP contribution in [-0.2, 0) is 0 Å². The van der Waals surface area contributed by atoms with Gasteiger partial charge in [-0.3, -0.25) is 4.79 Å². The average Bonchev–Trinajstić information content (AvgIpc) is 2.83. The Bertz CT molecular complexity index is 490. The first kappa shape index (κ1) is 14.7. The molecule has 20 heavy (non-hydrogen) atoms. The van der Waals surface area contributed by atoms with Gasteiger partial charge in [0.15, 0.2) is 11.5 Å². The molecule has 5 nitrogen and oxygen atoms in total. The van der Waals surface area contributed by atoms with Gasteiger partial charge in [0.1, 0.15) is 0 Å². The maximum atomic E-state index is 12.3. The monoisotopic (exact) mass is 278 g/mol. The Morgan fingerprint density at radius 3 is 2.85 bits per heavy atom. The molecule has 1 atom stereocenters. The van der Waals surface area contributed by atoms with E-state index in [9.17, 15) is 9.90 Å². The number of methoxy groups -OCH3 is 1. The number of carbonyl (C=O) groups is 1. The first-order valence-electron chi connectivity index (χ1n) is 6.85. The fourth-order valence-electron chi connectivity index (χ4n) is 2.65. The number of amides is 1. The van der Waals surface area contributed by atoms with Gasteiger partial charge in [-0.2, -0.15) is 0 Å². The van der Waals surface area contributed by atoms with Gasteiger partial charge in [-0.05, 0) is 44.6 Å². The zero-order valence-corrected chi connectivity index (χ0v) is 12.3. The maximum absolute atomic E-state index is 12.3. The van der Waals surface area contributed by atoms with Crippen LogP contribution >= 0.6 is 0 Å². The van der Waals surface area contributed by atoms with Crippen molar-refractivity contribution in [2.45, 2.75) is 18.9 Å². The van der Waals surface area contributed by atoms with Gasteiger partial charge < -0.3 is 19.6 Å². The standard InChI is InChI=1S/C15H22N2O3/c1-16-8-4-5-12(16)10-17(2)15(19)11-6-7-14(20-3)13(18)9-11/h6-7,9,12,18H,4-5,8,10H2,1-3H3. The second-order valence-electron chi connectivity index (χ2n) is 5.35. The van der Waals surface area contributed by atoms with Crippen molar-refractivity contribution in [1.29, 1.82) is 0 Å². The van der Waals surface area contributed by atoms with E-state index in [-0.39, 0.29) is 11.7 Å². The molecule has 1 aliphatic heterocycles. The highest BCUT2D eigenvalue weighted by Crippen LogP contribution is 2.26. The van der Waals surface area contributed by atoms with Gasteiger partial charge in [-0.25, -0.2) is 0 Å². The predicted molar refractivity (Wildman–Crippen MR) is 77.3 cm³/mol. The summed E-state index contributed by atoms with van der Waals surface area (Å²) < 4.78 is 4.98. The fourth-order valence-corrected chi connectivity index (χ4v) is 2.65. The van der Waals surface area contributed by atoms with Crippen LogP contribution in [0.2, 0.25) is 0 Å². The SMILES string of the molecule is COc1ccc(C(=O)N(C)CC2CCCN2C)cc1O. The number of ether oxygens (including phenoxy) is 1. The molecule has 1 aromatic carbocycles. The lowest BCUT2D eigenvalue weighted by atomic mass is 10.1. The lowest BCUT2D eigenvalue weighted by molar-refractivity contribution is 0.0761. The minimum atomic E-state index is -0.0803. The largest absolute Gasteiger partial charge is 0.504 e. The highest BCUT2D eigenvalue weighted by molar-refractivity contribution is 5.94. The van der Waals surface area contributed by atoms with Crippen molar-refractivity contribution in [2.75, 3.05) is 34.3 Å². The number of likely N-dealkylation sites (tertiary alicyclic amines) is 1. The first-order valence-corrected chi connectivity index (χ1v) is 6.85. The van der Waals surface area contributed by atoms with Crippen LogP contribution in [-0.4, -0.2) is 61.2 Å². The highest BCUT2D eigenvalue weighted by Gasteiger charge is 2.24. The molecule has 0 aromatic heterocycles. The molecule has 1 saturated heterocycles. The quantitative estimate of drug-likeness (QED) is 0.908. The molecule has 1 heterocycles. The Kier molecular flexibility index (Phi) is 4.49. The number of likely N-dealkylation sites (N-methyl/N-ethyl adjacent to an activating group) is 2. The molecule has 0 aliphatic carbocycles. The fraction of sp³-hybridized carbons (Fsp3) is 0.533. The molecule has 0 spiro atoms. The minimum absolute atomic E-state index is 0.00951. The van der Waals surface area contributed by atoms with Gasteiger partial charge in [0.05, 0.1) is 7.11 Å². The summed E-state index contributed by atoms with van der Waals surface area (Å²) in [4.78, 5) is 16.3. The van der Waals surface area contributed by atoms with E-state index in [0.29, 0.717) is 23.9 Å². The molecular weight excluding hydrogens is 256 g/mol. The van der Waals surface area contributed by atoms with Crippen LogP contribution in [0.25, 0.3) is 0 Å². The van der Waals surface area contributed by atoms with Gasteiger partial charge in [0.2, 0.25) is 0 Å². The summed E-state index contributed by atoms with van der Waals surface area (Å²) in [6, 6.07) is 5.17. The molecule has 2 rings (SSSR count). The van der Waals surface area contributed by atoms with E-state index in [1.165, 1.54) is 19.6 Å².